The summed E-state index contributed by atoms with van der Waals surface area (Å²) in [5, 5.41) is 0. The molecule has 0 aliphatic carbocycles. The molecule has 3 aromatic carbocycles. The molecule has 0 N–H and O–H groups in total. The summed E-state index contributed by atoms with van der Waals surface area (Å²) in [6, 6.07) is 22.1. The molecule has 0 atom stereocenters. The lowest BCUT2D eigenvalue weighted by Gasteiger charge is -2.38. The van der Waals surface area contributed by atoms with Crippen molar-refractivity contribution in [2.24, 2.45) is 0 Å². The van der Waals surface area contributed by atoms with Crippen LogP contribution >= 0.6 is 0 Å². The van der Waals surface area contributed by atoms with Crippen LogP contribution in [0.3, 0.4) is 0 Å². The van der Waals surface area contributed by atoms with E-state index in [-0.39, 0.29) is 4.90 Å². The normalized spacial score (nSPS) is 13.7. The average Bonchev–Trinajstić information content (AvgIpc) is 2.79. The van der Waals surface area contributed by atoms with Crippen LogP contribution in [0.5, 0.6) is 11.5 Å². The molecular weight excluding hydrogens is 400 g/mol. The van der Waals surface area contributed by atoms with E-state index in [1.54, 1.807) is 44.6 Å². The first-order valence-corrected chi connectivity index (χ1v) is 11.1. The van der Waals surface area contributed by atoms with Crippen LogP contribution in [0.15, 0.2) is 77.7 Å². The molecule has 30 heavy (non-hydrogen) atoms. The Morgan fingerprint density at radius 1 is 0.800 bits per heavy atom. The van der Waals surface area contributed by atoms with Gasteiger partial charge in [0.2, 0.25) is 0 Å². The molecule has 0 saturated carbocycles. The Bertz CT molecular complexity index is 1120. The van der Waals surface area contributed by atoms with Crippen molar-refractivity contribution in [3.05, 3.63) is 78.4 Å². The van der Waals surface area contributed by atoms with Crippen molar-refractivity contribution in [1.82, 2.24) is 0 Å². The van der Waals surface area contributed by atoms with Gasteiger partial charge in [0, 0.05) is 19.2 Å². The van der Waals surface area contributed by atoms with Crippen molar-refractivity contribution in [3.63, 3.8) is 0 Å². The quantitative estimate of drug-likeness (QED) is 0.600. The van der Waals surface area contributed by atoms with Crippen LogP contribution in [0.25, 0.3) is 0 Å². The maximum atomic E-state index is 13.4. The number of nitrogens with zero attached hydrogens (tertiary/aromatic N) is 2. The molecule has 6 nitrogen and oxygen atoms in total. The van der Waals surface area contributed by atoms with Gasteiger partial charge in [0.15, 0.2) is 0 Å². The molecule has 4 rings (SSSR count). The summed E-state index contributed by atoms with van der Waals surface area (Å²) in [7, 11) is -0.542. The fourth-order valence-corrected chi connectivity index (χ4v) is 5.11. The highest BCUT2D eigenvalue weighted by Crippen LogP contribution is 2.39. The van der Waals surface area contributed by atoms with Gasteiger partial charge in [-0.3, -0.25) is 4.31 Å². The maximum absolute atomic E-state index is 13.4. The molecular formula is C23H24N2O4S. The minimum Gasteiger partial charge on any atom is -0.497 e. The minimum atomic E-state index is -3.71. The topological polar surface area (TPSA) is 59.1 Å². The molecule has 0 bridgehead atoms. The fourth-order valence-electron chi connectivity index (χ4n) is 3.64. The second-order valence-corrected chi connectivity index (χ2v) is 8.88. The summed E-state index contributed by atoms with van der Waals surface area (Å²) in [6.45, 7) is 1.63. The summed E-state index contributed by atoms with van der Waals surface area (Å²) in [4.78, 5) is 2.43. The van der Waals surface area contributed by atoms with Gasteiger partial charge < -0.3 is 14.4 Å². The molecule has 0 spiro atoms. The first-order valence-electron chi connectivity index (χ1n) is 9.66. The van der Waals surface area contributed by atoms with E-state index in [0.29, 0.717) is 36.8 Å². The van der Waals surface area contributed by atoms with Crippen molar-refractivity contribution in [3.8, 4) is 11.5 Å². The number of sulfonamides is 1. The first kappa shape index (κ1) is 20.1. The Kier molecular flexibility index (Phi) is 5.55. The van der Waals surface area contributed by atoms with Gasteiger partial charge in [-0.2, -0.15) is 0 Å². The van der Waals surface area contributed by atoms with E-state index in [1.165, 1.54) is 4.31 Å². The number of hydrogen-bond acceptors (Lipinski definition) is 5. The lowest BCUT2D eigenvalue weighted by atomic mass is 10.1. The Labute approximate surface area is 177 Å². The Morgan fingerprint density at radius 2 is 1.47 bits per heavy atom. The van der Waals surface area contributed by atoms with E-state index in [4.69, 9.17) is 9.47 Å². The Morgan fingerprint density at radius 3 is 2.13 bits per heavy atom. The highest BCUT2D eigenvalue weighted by atomic mass is 32.2. The lowest BCUT2D eigenvalue weighted by Crippen LogP contribution is -2.43. The van der Waals surface area contributed by atoms with Crippen molar-refractivity contribution >= 4 is 21.4 Å². The van der Waals surface area contributed by atoms with Gasteiger partial charge in [-0.05, 0) is 42.0 Å². The monoisotopic (exact) mass is 424 g/mol. The molecule has 0 fully saturated rings. The third kappa shape index (κ3) is 3.80. The van der Waals surface area contributed by atoms with E-state index < -0.39 is 10.0 Å². The van der Waals surface area contributed by atoms with Crippen molar-refractivity contribution in [2.75, 3.05) is 36.5 Å². The van der Waals surface area contributed by atoms with Crippen LogP contribution in [-0.2, 0) is 16.6 Å². The number of rotatable bonds is 6. The highest BCUT2D eigenvalue weighted by molar-refractivity contribution is 7.92. The minimum absolute atomic E-state index is 0.238. The predicted octanol–water partition coefficient (Wildman–Crippen LogP) is 3.92. The average molecular weight is 425 g/mol. The van der Waals surface area contributed by atoms with Gasteiger partial charge in [-0.25, -0.2) is 8.42 Å². The standard InChI is InChI=1S/C23H24N2O4S/c1-28-19-8-11-21(12-9-19)30(26,27)25-15-14-24(17-18-6-4-3-5-7-18)23-16-20(29-2)10-13-22(23)25/h3-13,16H,14-15,17H2,1-2H3. The van der Waals surface area contributed by atoms with Crippen LogP contribution in [0.1, 0.15) is 5.56 Å². The number of hydrogen-bond donors (Lipinski definition) is 0. The summed E-state index contributed by atoms with van der Waals surface area (Å²) in [5.41, 5.74) is 2.65. The highest BCUT2D eigenvalue weighted by Gasteiger charge is 2.32. The number of methoxy groups -OCH3 is 2. The maximum Gasteiger partial charge on any atom is 0.264 e. The largest absolute Gasteiger partial charge is 0.497 e. The SMILES string of the molecule is COc1ccc(S(=O)(=O)N2CCN(Cc3ccccc3)c3cc(OC)ccc32)cc1. The third-order valence-corrected chi connectivity index (χ3v) is 7.06. The Balaban J connectivity index is 1.72. The van der Waals surface area contributed by atoms with Gasteiger partial charge in [0.25, 0.3) is 10.0 Å². The van der Waals surface area contributed by atoms with Gasteiger partial charge in [-0.15, -0.1) is 0 Å². The Hall–Kier alpha value is -3.19. The van der Waals surface area contributed by atoms with Crippen molar-refractivity contribution in [1.29, 1.82) is 0 Å². The molecule has 1 heterocycles. The van der Waals surface area contributed by atoms with Gasteiger partial charge >= 0.3 is 0 Å². The molecule has 0 radical (unpaired) electrons. The van der Waals surface area contributed by atoms with Crippen LogP contribution in [0, 0.1) is 0 Å². The van der Waals surface area contributed by atoms with Gasteiger partial charge in [-0.1, -0.05) is 30.3 Å². The summed E-state index contributed by atoms with van der Waals surface area (Å²) >= 11 is 0. The van der Waals surface area contributed by atoms with Gasteiger partial charge in [0.05, 0.1) is 37.0 Å². The van der Waals surface area contributed by atoms with E-state index in [2.05, 4.69) is 17.0 Å². The van der Waals surface area contributed by atoms with E-state index in [0.717, 1.165) is 11.3 Å². The molecule has 0 aromatic heterocycles. The van der Waals surface area contributed by atoms with Crippen LogP contribution < -0.4 is 18.7 Å². The predicted molar refractivity (Wildman–Crippen MR) is 118 cm³/mol. The molecule has 1 aliphatic rings. The fraction of sp³-hybridized carbons (Fsp3) is 0.217. The zero-order chi connectivity index (χ0) is 21.1. The van der Waals surface area contributed by atoms with Gasteiger partial charge in [0.1, 0.15) is 11.5 Å². The number of benzene rings is 3. The van der Waals surface area contributed by atoms with Crippen molar-refractivity contribution < 1.29 is 17.9 Å². The van der Waals surface area contributed by atoms with Crippen molar-refractivity contribution in [2.45, 2.75) is 11.4 Å². The third-order valence-electron chi connectivity index (χ3n) is 5.23. The zero-order valence-electron chi connectivity index (χ0n) is 17.0. The number of anilines is 2. The van der Waals surface area contributed by atoms with Crippen LogP contribution in [-0.4, -0.2) is 35.7 Å². The molecule has 1 aliphatic heterocycles. The lowest BCUT2D eigenvalue weighted by molar-refractivity contribution is 0.414. The smallest absolute Gasteiger partial charge is 0.264 e. The molecule has 0 saturated heterocycles. The summed E-state index contributed by atoms with van der Waals surface area (Å²) in [6.07, 6.45) is 0. The summed E-state index contributed by atoms with van der Waals surface area (Å²) < 4.78 is 38.8. The number of ether oxygens (including phenoxy) is 2. The van der Waals surface area contributed by atoms with Crippen LogP contribution in [0.2, 0.25) is 0 Å². The summed E-state index contributed by atoms with van der Waals surface area (Å²) in [5.74, 6) is 1.31. The second-order valence-electron chi connectivity index (χ2n) is 7.01. The zero-order valence-corrected chi connectivity index (χ0v) is 17.8. The second kappa shape index (κ2) is 8.28. The molecule has 156 valence electrons. The molecule has 0 amide bonds. The molecule has 3 aromatic rings. The van der Waals surface area contributed by atoms with Crippen LogP contribution in [0.4, 0.5) is 11.4 Å². The molecule has 7 heteroatoms. The first-order chi connectivity index (χ1) is 14.5. The van der Waals surface area contributed by atoms with E-state index in [9.17, 15) is 8.42 Å². The van der Waals surface area contributed by atoms with E-state index in [1.807, 2.05) is 30.3 Å². The molecule has 0 unspecified atom stereocenters. The number of fused-ring (bicyclic) bond motifs is 1. The van der Waals surface area contributed by atoms with E-state index >= 15 is 0 Å².